The molecule has 0 aliphatic heterocycles. The Morgan fingerprint density at radius 3 is 2.36 bits per heavy atom. The minimum atomic E-state index is -0.705. The molecule has 5 nitrogen and oxygen atoms in total. The number of nitrogens with one attached hydrogen (secondary N) is 1. The van der Waals surface area contributed by atoms with Crippen LogP contribution in [0.1, 0.15) is 31.2 Å². The average molecular weight is 394 g/mol. The molecular weight excluding hydrogens is 372 g/mol. The molecular formula is C15H22BrClN2O3. The molecule has 1 aliphatic carbocycles. The van der Waals surface area contributed by atoms with Crippen molar-refractivity contribution in [2.45, 2.75) is 37.8 Å². The van der Waals surface area contributed by atoms with Crippen LogP contribution in [0, 0.1) is 0 Å². The van der Waals surface area contributed by atoms with Crippen molar-refractivity contribution in [2.75, 3.05) is 14.2 Å². The fourth-order valence-corrected chi connectivity index (χ4v) is 3.08. The van der Waals surface area contributed by atoms with Crippen LogP contribution in [0.25, 0.3) is 0 Å². The lowest BCUT2D eigenvalue weighted by molar-refractivity contribution is -0.126. The van der Waals surface area contributed by atoms with Gasteiger partial charge in [0.1, 0.15) is 0 Å². The summed E-state index contributed by atoms with van der Waals surface area (Å²) >= 11 is 3.48. The Bertz CT molecular complexity index is 534. The van der Waals surface area contributed by atoms with Gasteiger partial charge in [-0.3, -0.25) is 4.79 Å². The molecule has 0 saturated heterocycles. The molecule has 0 heterocycles. The van der Waals surface area contributed by atoms with Gasteiger partial charge in [-0.05, 0) is 30.5 Å². The van der Waals surface area contributed by atoms with Crippen molar-refractivity contribution in [3.8, 4) is 11.5 Å². The lowest BCUT2D eigenvalue weighted by Crippen LogP contribution is -2.51. The molecule has 124 valence electrons. The number of hydrogen-bond acceptors (Lipinski definition) is 4. The second-order valence-electron chi connectivity index (χ2n) is 5.34. The summed E-state index contributed by atoms with van der Waals surface area (Å²) in [7, 11) is 3.17. The van der Waals surface area contributed by atoms with Gasteiger partial charge in [-0.2, -0.15) is 0 Å². The molecule has 0 aromatic heterocycles. The Morgan fingerprint density at radius 1 is 1.27 bits per heavy atom. The van der Waals surface area contributed by atoms with Gasteiger partial charge in [0.15, 0.2) is 11.5 Å². The van der Waals surface area contributed by atoms with Crippen LogP contribution in [-0.4, -0.2) is 25.7 Å². The molecule has 0 spiro atoms. The van der Waals surface area contributed by atoms with Crippen molar-refractivity contribution in [2.24, 2.45) is 5.73 Å². The van der Waals surface area contributed by atoms with Gasteiger partial charge in [-0.15, -0.1) is 12.4 Å². The van der Waals surface area contributed by atoms with Gasteiger partial charge in [0.05, 0.1) is 19.8 Å². The van der Waals surface area contributed by atoms with Gasteiger partial charge in [0.2, 0.25) is 5.91 Å². The molecule has 2 rings (SSSR count). The van der Waals surface area contributed by atoms with Gasteiger partial charge in [0.25, 0.3) is 0 Å². The molecule has 0 unspecified atom stereocenters. The predicted molar refractivity (Wildman–Crippen MR) is 91.7 cm³/mol. The summed E-state index contributed by atoms with van der Waals surface area (Å²) in [6.45, 7) is 0.402. The van der Waals surface area contributed by atoms with E-state index in [0.29, 0.717) is 18.0 Å². The number of carbonyl (C=O) groups is 1. The van der Waals surface area contributed by atoms with Crippen molar-refractivity contribution in [3.05, 3.63) is 22.2 Å². The first-order valence-electron chi connectivity index (χ1n) is 6.98. The molecule has 3 N–H and O–H groups in total. The maximum atomic E-state index is 12.2. The van der Waals surface area contributed by atoms with Gasteiger partial charge in [0, 0.05) is 11.0 Å². The van der Waals surface area contributed by atoms with E-state index in [4.69, 9.17) is 15.2 Å². The first-order valence-corrected chi connectivity index (χ1v) is 7.77. The average Bonchev–Trinajstić information content (AvgIpc) is 2.93. The van der Waals surface area contributed by atoms with Crippen molar-refractivity contribution in [1.29, 1.82) is 0 Å². The number of ether oxygens (including phenoxy) is 2. The van der Waals surface area contributed by atoms with Crippen LogP contribution in [-0.2, 0) is 11.3 Å². The minimum Gasteiger partial charge on any atom is -0.493 e. The fourth-order valence-electron chi connectivity index (χ4n) is 2.62. The highest BCUT2D eigenvalue weighted by Crippen LogP contribution is 2.33. The summed E-state index contributed by atoms with van der Waals surface area (Å²) in [6.07, 6.45) is 3.55. The first kappa shape index (κ1) is 19.1. The number of benzene rings is 1. The number of halogens is 2. The molecule has 0 bridgehead atoms. The van der Waals surface area contributed by atoms with Crippen LogP contribution in [0.15, 0.2) is 16.6 Å². The van der Waals surface area contributed by atoms with Crippen LogP contribution >= 0.6 is 28.3 Å². The molecule has 1 aliphatic rings. The number of amides is 1. The third-order valence-corrected chi connectivity index (χ3v) is 4.68. The number of hydrogen-bond donors (Lipinski definition) is 2. The molecule has 1 fully saturated rings. The summed E-state index contributed by atoms with van der Waals surface area (Å²) in [5, 5.41) is 2.92. The smallest absolute Gasteiger partial charge is 0.240 e. The Morgan fingerprint density at radius 2 is 1.82 bits per heavy atom. The maximum absolute atomic E-state index is 12.2. The van der Waals surface area contributed by atoms with Crippen molar-refractivity contribution >= 4 is 34.2 Å². The lowest BCUT2D eigenvalue weighted by atomic mass is 9.98. The monoisotopic (exact) mass is 392 g/mol. The van der Waals surface area contributed by atoms with E-state index < -0.39 is 5.54 Å². The van der Waals surface area contributed by atoms with Gasteiger partial charge in [-0.25, -0.2) is 0 Å². The normalized spacial score (nSPS) is 15.8. The highest BCUT2D eigenvalue weighted by molar-refractivity contribution is 9.10. The highest BCUT2D eigenvalue weighted by Gasteiger charge is 2.36. The summed E-state index contributed by atoms with van der Waals surface area (Å²) < 4.78 is 11.4. The SMILES string of the molecule is COc1cc(Br)c(CNC(=O)C2(N)CCCC2)cc1OC.Cl. The zero-order chi connectivity index (χ0) is 15.5. The predicted octanol–water partition coefficient (Wildman–Crippen LogP) is 2.78. The van der Waals surface area contributed by atoms with E-state index >= 15 is 0 Å². The second-order valence-corrected chi connectivity index (χ2v) is 6.20. The van der Waals surface area contributed by atoms with E-state index in [0.717, 1.165) is 35.7 Å². The van der Waals surface area contributed by atoms with Crippen molar-refractivity contribution < 1.29 is 14.3 Å². The zero-order valence-electron chi connectivity index (χ0n) is 12.8. The topological polar surface area (TPSA) is 73.6 Å². The highest BCUT2D eigenvalue weighted by atomic mass is 79.9. The van der Waals surface area contributed by atoms with E-state index in [2.05, 4.69) is 21.2 Å². The molecule has 22 heavy (non-hydrogen) atoms. The number of carbonyl (C=O) groups excluding carboxylic acids is 1. The largest absolute Gasteiger partial charge is 0.493 e. The van der Waals surface area contributed by atoms with Gasteiger partial charge in [-0.1, -0.05) is 28.8 Å². The van der Waals surface area contributed by atoms with Crippen LogP contribution in [0.4, 0.5) is 0 Å². The summed E-state index contributed by atoms with van der Waals surface area (Å²) in [6, 6.07) is 3.68. The van der Waals surface area contributed by atoms with E-state index in [9.17, 15) is 4.79 Å². The number of nitrogens with two attached hydrogens (primary N) is 1. The van der Waals surface area contributed by atoms with E-state index in [1.807, 2.05) is 12.1 Å². The lowest BCUT2D eigenvalue weighted by Gasteiger charge is -2.22. The minimum absolute atomic E-state index is 0. The summed E-state index contributed by atoms with van der Waals surface area (Å²) in [4.78, 5) is 12.2. The maximum Gasteiger partial charge on any atom is 0.240 e. The zero-order valence-corrected chi connectivity index (χ0v) is 15.2. The second kappa shape index (κ2) is 8.04. The Kier molecular flexibility index (Phi) is 6.97. The molecule has 1 saturated carbocycles. The molecule has 1 amide bonds. The molecule has 0 radical (unpaired) electrons. The fraction of sp³-hybridized carbons (Fsp3) is 0.533. The Balaban J connectivity index is 0.00000242. The third kappa shape index (κ3) is 4.06. The van der Waals surface area contributed by atoms with Crippen LogP contribution < -0.4 is 20.5 Å². The molecule has 0 atom stereocenters. The Labute approximate surface area is 145 Å². The van der Waals surface area contributed by atoms with E-state index in [1.165, 1.54) is 0 Å². The molecule has 7 heteroatoms. The van der Waals surface area contributed by atoms with Gasteiger partial charge >= 0.3 is 0 Å². The standard InChI is InChI=1S/C15H21BrN2O3.ClH/c1-20-12-7-10(11(16)8-13(12)21-2)9-18-14(19)15(17)5-3-4-6-15;/h7-8H,3-6,9,17H2,1-2H3,(H,18,19);1H. The number of rotatable bonds is 5. The van der Waals surface area contributed by atoms with E-state index in [-0.39, 0.29) is 18.3 Å². The van der Waals surface area contributed by atoms with Crippen LogP contribution in [0.2, 0.25) is 0 Å². The third-order valence-electron chi connectivity index (χ3n) is 3.94. The Hall–Kier alpha value is -0.980. The molecule has 1 aromatic carbocycles. The summed E-state index contributed by atoms with van der Waals surface area (Å²) in [5.41, 5.74) is 6.35. The molecule has 1 aromatic rings. The van der Waals surface area contributed by atoms with E-state index in [1.54, 1.807) is 14.2 Å². The first-order chi connectivity index (χ1) is 10.00. The van der Waals surface area contributed by atoms with Crippen LogP contribution in [0.3, 0.4) is 0 Å². The summed E-state index contributed by atoms with van der Waals surface area (Å²) in [5.74, 6) is 1.19. The van der Waals surface area contributed by atoms with Crippen molar-refractivity contribution in [3.63, 3.8) is 0 Å². The van der Waals surface area contributed by atoms with Crippen molar-refractivity contribution in [1.82, 2.24) is 5.32 Å². The number of methoxy groups -OCH3 is 2. The quantitative estimate of drug-likeness (QED) is 0.807. The van der Waals surface area contributed by atoms with Gasteiger partial charge < -0.3 is 20.5 Å². The van der Waals surface area contributed by atoms with Crippen LogP contribution in [0.5, 0.6) is 11.5 Å².